The Bertz CT molecular complexity index is 251. The van der Waals surface area contributed by atoms with Crippen LogP contribution in [-0.4, -0.2) is 11.1 Å². The highest BCUT2D eigenvalue weighted by Gasteiger charge is 2.64. The molecule has 1 aliphatic carbocycles. The molecule has 1 unspecified atom stereocenters. The molecule has 0 spiro atoms. The smallest absolute Gasteiger partial charge is 0.314 e. The van der Waals surface area contributed by atoms with Crippen LogP contribution < -0.4 is 0 Å². The first kappa shape index (κ1) is 9.04. The fourth-order valence-electron chi connectivity index (χ4n) is 1.61. The van der Waals surface area contributed by atoms with E-state index in [1.807, 2.05) is 13.8 Å². The maximum atomic E-state index is 10.9. The normalized spacial score (nSPS) is 31.8. The van der Waals surface area contributed by atoms with E-state index in [9.17, 15) is 4.79 Å². The Hall–Kier alpha value is -1.05. The minimum atomic E-state index is -0.731. The fraction of sp³-hybridized carbons (Fsp3) is 0.500. The van der Waals surface area contributed by atoms with Gasteiger partial charge in [0.2, 0.25) is 0 Å². The zero-order chi connectivity index (χ0) is 9.41. The summed E-state index contributed by atoms with van der Waals surface area (Å²) in [6, 6.07) is 0. The van der Waals surface area contributed by atoms with Crippen molar-refractivity contribution in [2.75, 3.05) is 0 Å². The lowest BCUT2D eigenvalue weighted by Crippen LogP contribution is -2.17. The molecule has 0 amide bonds. The van der Waals surface area contributed by atoms with Crippen LogP contribution in [-0.2, 0) is 4.79 Å². The number of allylic oxidation sites excluding steroid dienone is 2. The van der Waals surface area contributed by atoms with Crippen molar-refractivity contribution in [2.45, 2.75) is 20.3 Å². The predicted molar refractivity (Wildman–Crippen MR) is 47.8 cm³/mol. The summed E-state index contributed by atoms with van der Waals surface area (Å²) in [4.78, 5) is 10.9. The van der Waals surface area contributed by atoms with Crippen molar-refractivity contribution in [3.05, 3.63) is 24.8 Å². The summed E-state index contributed by atoms with van der Waals surface area (Å²) in [5.41, 5.74) is -0.737. The lowest BCUT2D eigenvalue weighted by molar-refractivity contribution is -0.142. The molecule has 0 radical (unpaired) electrons. The summed E-state index contributed by atoms with van der Waals surface area (Å²) in [6.45, 7) is 7.45. The van der Waals surface area contributed by atoms with Crippen molar-refractivity contribution >= 4 is 5.97 Å². The van der Waals surface area contributed by atoms with Gasteiger partial charge in [-0.3, -0.25) is 4.79 Å². The summed E-state index contributed by atoms with van der Waals surface area (Å²) < 4.78 is 0. The largest absolute Gasteiger partial charge is 0.481 e. The van der Waals surface area contributed by atoms with Crippen LogP contribution in [0.15, 0.2) is 24.8 Å². The minimum absolute atomic E-state index is 0.0989. The molecule has 0 aromatic rings. The molecule has 0 aliphatic heterocycles. The molecule has 1 fully saturated rings. The van der Waals surface area contributed by atoms with Crippen molar-refractivity contribution in [1.29, 1.82) is 0 Å². The second kappa shape index (κ2) is 2.47. The lowest BCUT2D eigenvalue weighted by Gasteiger charge is -2.09. The van der Waals surface area contributed by atoms with Crippen LogP contribution in [0.3, 0.4) is 0 Å². The van der Waals surface area contributed by atoms with Gasteiger partial charge in [0.15, 0.2) is 0 Å². The van der Waals surface area contributed by atoms with Crippen LogP contribution in [0.5, 0.6) is 0 Å². The van der Waals surface area contributed by atoms with Crippen molar-refractivity contribution in [3.8, 4) is 0 Å². The topological polar surface area (TPSA) is 37.3 Å². The van der Waals surface area contributed by atoms with Gasteiger partial charge in [-0.1, -0.05) is 38.7 Å². The van der Waals surface area contributed by atoms with E-state index in [0.29, 0.717) is 0 Å². The van der Waals surface area contributed by atoms with Gasteiger partial charge in [0.25, 0.3) is 0 Å². The standard InChI is InChI=1S/C10H14O2/c1-4-5-6-10(8(11)12)7-9(10,2)3/h4-6H,1,7H2,2-3H3,(H,11,12). The van der Waals surface area contributed by atoms with Crippen LogP contribution in [0.1, 0.15) is 20.3 Å². The molecule has 0 bridgehead atoms. The van der Waals surface area contributed by atoms with E-state index < -0.39 is 11.4 Å². The second-order valence-electron chi connectivity index (χ2n) is 3.93. The molecular weight excluding hydrogens is 152 g/mol. The average Bonchev–Trinajstić information content (AvgIpc) is 2.51. The molecule has 66 valence electrons. The first-order chi connectivity index (χ1) is 5.46. The summed E-state index contributed by atoms with van der Waals surface area (Å²) in [5.74, 6) is -0.731. The van der Waals surface area contributed by atoms with Gasteiger partial charge in [-0.05, 0) is 11.8 Å². The van der Waals surface area contributed by atoms with Gasteiger partial charge in [0.1, 0.15) is 0 Å². The number of carboxylic acid groups (broad SMARTS) is 1. The molecule has 0 aromatic carbocycles. The molecule has 1 atom stereocenters. The maximum absolute atomic E-state index is 10.9. The Labute approximate surface area is 72.6 Å². The van der Waals surface area contributed by atoms with Crippen LogP contribution in [0.2, 0.25) is 0 Å². The summed E-state index contributed by atoms with van der Waals surface area (Å²) in [7, 11) is 0. The third kappa shape index (κ3) is 1.07. The molecule has 2 nitrogen and oxygen atoms in total. The minimum Gasteiger partial charge on any atom is -0.481 e. The number of rotatable bonds is 3. The molecule has 0 saturated heterocycles. The van der Waals surface area contributed by atoms with Crippen molar-refractivity contribution in [2.24, 2.45) is 10.8 Å². The van der Waals surface area contributed by atoms with Gasteiger partial charge in [0, 0.05) is 0 Å². The van der Waals surface area contributed by atoms with Gasteiger partial charge < -0.3 is 5.11 Å². The Morgan fingerprint density at radius 2 is 2.08 bits per heavy atom. The summed E-state index contributed by atoms with van der Waals surface area (Å²) in [6.07, 6.45) is 5.78. The third-order valence-electron chi connectivity index (χ3n) is 2.70. The first-order valence-corrected chi connectivity index (χ1v) is 4.00. The van der Waals surface area contributed by atoms with Gasteiger partial charge in [0.05, 0.1) is 5.41 Å². The van der Waals surface area contributed by atoms with Crippen LogP contribution in [0.25, 0.3) is 0 Å². The van der Waals surface area contributed by atoms with Crippen molar-refractivity contribution < 1.29 is 9.90 Å². The van der Waals surface area contributed by atoms with Crippen LogP contribution in [0, 0.1) is 10.8 Å². The average molecular weight is 166 g/mol. The van der Waals surface area contributed by atoms with E-state index >= 15 is 0 Å². The number of aliphatic carboxylic acids is 1. The Morgan fingerprint density at radius 3 is 2.33 bits per heavy atom. The predicted octanol–water partition coefficient (Wildman–Crippen LogP) is 2.23. The number of carboxylic acids is 1. The van der Waals surface area contributed by atoms with E-state index in [-0.39, 0.29) is 5.41 Å². The third-order valence-corrected chi connectivity index (χ3v) is 2.70. The van der Waals surface area contributed by atoms with E-state index in [1.54, 1.807) is 18.2 Å². The molecule has 1 N–H and O–H groups in total. The maximum Gasteiger partial charge on any atom is 0.314 e. The van der Waals surface area contributed by atoms with Gasteiger partial charge in [-0.25, -0.2) is 0 Å². The van der Waals surface area contributed by atoms with E-state index in [4.69, 9.17) is 5.11 Å². The van der Waals surface area contributed by atoms with Gasteiger partial charge >= 0.3 is 5.97 Å². The van der Waals surface area contributed by atoms with Gasteiger partial charge in [-0.2, -0.15) is 0 Å². The van der Waals surface area contributed by atoms with E-state index in [2.05, 4.69) is 6.58 Å². The molecule has 0 heterocycles. The zero-order valence-electron chi connectivity index (χ0n) is 7.50. The number of hydrogen-bond donors (Lipinski definition) is 1. The quantitative estimate of drug-likeness (QED) is 0.653. The van der Waals surface area contributed by atoms with Crippen LogP contribution in [0.4, 0.5) is 0 Å². The fourth-order valence-corrected chi connectivity index (χ4v) is 1.61. The summed E-state index contributed by atoms with van der Waals surface area (Å²) in [5, 5.41) is 8.98. The van der Waals surface area contributed by atoms with Gasteiger partial charge in [-0.15, -0.1) is 0 Å². The number of carbonyl (C=O) groups is 1. The highest BCUT2D eigenvalue weighted by atomic mass is 16.4. The molecule has 0 aromatic heterocycles. The Morgan fingerprint density at radius 1 is 1.58 bits per heavy atom. The second-order valence-corrected chi connectivity index (χ2v) is 3.93. The van der Waals surface area contributed by atoms with E-state index in [0.717, 1.165) is 6.42 Å². The van der Waals surface area contributed by atoms with E-state index in [1.165, 1.54) is 0 Å². The highest BCUT2D eigenvalue weighted by molar-refractivity contribution is 5.82. The molecular formula is C10H14O2. The van der Waals surface area contributed by atoms with Crippen molar-refractivity contribution in [3.63, 3.8) is 0 Å². The lowest BCUT2D eigenvalue weighted by atomic mass is 9.95. The summed E-state index contributed by atoms with van der Waals surface area (Å²) >= 11 is 0. The molecule has 1 rings (SSSR count). The highest BCUT2D eigenvalue weighted by Crippen LogP contribution is 2.64. The molecule has 1 saturated carbocycles. The monoisotopic (exact) mass is 166 g/mol. The molecule has 12 heavy (non-hydrogen) atoms. The molecule has 1 aliphatic rings. The van der Waals surface area contributed by atoms with Crippen LogP contribution >= 0.6 is 0 Å². The van der Waals surface area contributed by atoms with Crippen molar-refractivity contribution in [1.82, 2.24) is 0 Å². The SMILES string of the molecule is C=CC=CC1(C(=O)O)CC1(C)C. The molecule has 2 heteroatoms. The zero-order valence-corrected chi connectivity index (χ0v) is 7.50. The number of hydrogen-bond acceptors (Lipinski definition) is 1. The Kier molecular flexibility index (Phi) is 1.86. The first-order valence-electron chi connectivity index (χ1n) is 4.00. The Balaban J connectivity index is 2.87.